The SMILES string of the molecule is COc1ccc(C2(CNC(=O)C(=O)Nc3ccccc3Cl)CCOCC2)cc1. The Hall–Kier alpha value is -2.57. The average Bonchev–Trinajstić information content (AvgIpc) is 2.74. The van der Waals surface area contributed by atoms with E-state index in [1.165, 1.54) is 0 Å². The van der Waals surface area contributed by atoms with Crippen molar-refractivity contribution >= 4 is 29.1 Å². The fraction of sp³-hybridized carbons (Fsp3) is 0.333. The Bertz CT molecular complexity index is 833. The fourth-order valence-electron chi connectivity index (χ4n) is 3.35. The normalized spacial score (nSPS) is 15.5. The van der Waals surface area contributed by atoms with Gasteiger partial charge in [0.2, 0.25) is 0 Å². The number of rotatable bonds is 5. The summed E-state index contributed by atoms with van der Waals surface area (Å²) in [5, 5.41) is 5.70. The van der Waals surface area contributed by atoms with E-state index in [-0.39, 0.29) is 5.41 Å². The van der Waals surface area contributed by atoms with Crippen molar-refractivity contribution in [2.75, 3.05) is 32.2 Å². The second kappa shape index (κ2) is 9.08. The molecule has 148 valence electrons. The zero-order valence-electron chi connectivity index (χ0n) is 15.7. The highest BCUT2D eigenvalue weighted by molar-refractivity contribution is 6.41. The van der Waals surface area contributed by atoms with Crippen LogP contribution in [0.15, 0.2) is 48.5 Å². The van der Waals surface area contributed by atoms with Crippen molar-refractivity contribution in [2.24, 2.45) is 0 Å². The molecule has 1 fully saturated rings. The van der Waals surface area contributed by atoms with Crippen molar-refractivity contribution < 1.29 is 19.1 Å². The van der Waals surface area contributed by atoms with Gasteiger partial charge in [0, 0.05) is 25.2 Å². The molecule has 1 aliphatic rings. The second-order valence-electron chi connectivity index (χ2n) is 6.74. The van der Waals surface area contributed by atoms with E-state index in [0.29, 0.717) is 30.5 Å². The van der Waals surface area contributed by atoms with Crippen molar-refractivity contribution in [3.8, 4) is 5.75 Å². The number of amides is 2. The molecule has 0 aromatic heterocycles. The van der Waals surface area contributed by atoms with Gasteiger partial charge in [-0.05, 0) is 42.7 Å². The van der Waals surface area contributed by atoms with Crippen LogP contribution < -0.4 is 15.4 Å². The fourth-order valence-corrected chi connectivity index (χ4v) is 3.53. The van der Waals surface area contributed by atoms with Gasteiger partial charge >= 0.3 is 11.8 Å². The Morgan fingerprint density at radius 3 is 2.39 bits per heavy atom. The van der Waals surface area contributed by atoms with Gasteiger partial charge in [-0.3, -0.25) is 9.59 Å². The van der Waals surface area contributed by atoms with Gasteiger partial charge in [-0.25, -0.2) is 0 Å². The number of benzene rings is 2. The van der Waals surface area contributed by atoms with Gasteiger partial charge in [0.1, 0.15) is 5.75 Å². The minimum Gasteiger partial charge on any atom is -0.497 e. The maximum Gasteiger partial charge on any atom is 0.313 e. The Morgan fingerprint density at radius 1 is 1.07 bits per heavy atom. The highest BCUT2D eigenvalue weighted by atomic mass is 35.5. The Balaban J connectivity index is 1.68. The summed E-state index contributed by atoms with van der Waals surface area (Å²) in [6.45, 7) is 1.55. The third-order valence-corrected chi connectivity index (χ3v) is 5.40. The molecule has 1 heterocycles. The van der Waals surface area contributed by atoms with Gasteiger partial charge in [-0.1, -0.05) is 35.9 Å². The zero-order chi connectivity index (χ0) is 20.0. The molecule has 0 unspecified atom stereocenters. The van der Waals surface area contributed by atoms with Crippen LogP contribution in [0.4, 0.5) is 5.69 Å². The van der Waals surface area contributed by atoms with Gasteiger partial charge in [-0.15, -0.1) is 0 Å². The molecule has 2 N–H and O–H groups in total. The predicted molar refractivity (Wildman–Crippen MR) is 108 cm³/mol. The van der Waals surface area contributed by atoms with E-state index in [1.807, 2.05) is 24.3 Å². The molecule has 2 amide bonds. The monoisotopic (exact) mass is 402 g/mol. The average molecular weight is 403 g/mol. The highest BCUT2D eigenvalue weighted by Gasteiger charge is 2.35. The number of nitrogens with one attached hydrogen (secondary N) is 2. The molecule has 28 heavy (non-hydrogen) atoms. The van der Waals surface area contributed by atoms with Gasteiger partial charge in [-0.2, -0.15) is 0 Å². The van der Waals surface area contributed by atoms with Crippen molar-refractivity contribution in [3.05, 3.63) is 59.1 Å². The number of ether oxygens (including phenoxy) is 2. The minimum absolute atomic E-state index is 0.287. The third kappa shape index (κ3) is 4.64. The van der Waals surface area contributed by atoms with Crippen LogP contribution in [0.3, 0.4) is 0 Å². The smallest absolute Gasteiger partial charge is 0.313 e. The van der Waals surface area contributed by atoms with E-state index >= 15 is 0 Å². The summed E-state index contributed by atoms with van der Waals surface area (Å²) >= 11 is 6.03. The molecule has 2 aromatic carbocycles. The maximum atomic E-state index is 12.4. The summed E-state index contributed by atoms with van der Waals surface area (Å²) in [6.07, 6.45) is 1.51. The van der Waals surface area contributed by atoms with Crippen LogP contribution in [0, 0.1) is 0 Å². The van der Waals surface area contributed by atoms with Crippen LogP contribution >= 0.6 is 11.6 Å². The molecule has 0 atom stereocenters. The largest absolute Gasteiger partial charge is 0.497 e. The first kappa shape index (κ1) is 20.2. The molecule has 7 heteroatoms. The van der Waals surface area contributed by atoms with E-state index in [4.69, 9.17) is 21.1 Å². The van der Waals surface area contributed by atoms with Crippen LogP contribution in [-0.2, 0) is 19.7 Å². The standard InChI is InChI=1S/C21H23ClN2O4/c1-27-16-8-6-15(7-9-16)21(10-12-28-13-11-21)14-23-19(25)20(26)24-18-5-3-2-4-17(18)22/h2-9H,10-14H2,1H3,(H,23,25)(H,24,26). The first-order valence-corrected chi connectivity index (χ1v) is 9.48. The number of hydrogen-bond donors (Lipinski definition) is 2. The van der Waals surface area contributed by atoms with Crippen molar-refractivity contribution in [1.82, 2.24) is 5.32 Å². The van der Waals surface area contributed by atoms with E-state index in [2.05, 4.69) is 10.6 Å². The lowest BCUT2D eigenvalue weighted by atomic mass is 9.74. The Kier molecular flexibility index (Phi) is 6.54. The number of carbonyl (C=O) groups is 2. The highest BCUT2D eigenvalue weighted by Crippen LogP contribution is 2.35. The summed E-state index contributed by atoms with van der Waals surface area (Å²) in [5.74, 6) is -0.668. The van der Waals surface area contributed by atoms with Crippen LogP contribution in [0.2, 0.25) is 5.02 Å². The van der Waals surface area contributed by atoms with Gasteiger partial charge in [0.05, 0.1) is 17.8 Å². The minimum atomic E-state index is -0.745. The molecule has 0 radical (unpaired) electrons. The second-order valence-corrected chi connectivity index (χ2v) is 7.15. The maximum absolute atomic E-state index is 12.4. The van der Waals surface area contributed by atoms with Crippen molar-refractivity contribution in [2.45, 2.75) is 18.3 Å². The van der Waals surface area contributed by atoms with Crippen LogP contribution in [0.5, 0.6) is 5.75 Å². The number of para-hydroxylation sites is 1. The molecule has 0 aliphatic carbocycles. The lowest BCUT2D eigenvalue weighted by molar-refractivity contribution is -0.136. The molecule has 3 rings (SSSR count). The number of methoxy groups -OCH3 is 1. The van der Waals surface area contributed by atoms with Crippen LogP contribution in [-0.4, -0.2) is 38.7 Å². The number of halogens is 1. The molecule has 6 nitrogen and oxygen atoms in total. The molecular weight excluding hydrogens is 380 g/mol. The van der Waals surface area contributed by atoms with E-state index in [0.717, 1.165) is 24.2 Å². The molecule has 1 aliphatic heterocycles. The molecule has 0 saturated carbocycles. The lowest BCUT2D eigenvalue weighted by Crippen LogP contribution is -2.47. The van der Waals surface area contributed by atoms with E-state index in [1.54, 1.807) is 31.4 Å². The van der Waals surface area contributed by atoms with Crippen molar-refractivity contribution in [3.63, 3.8) is 0 Å². The zero-order valence-corrected chi connectivity index (χ0v) is 16.4. The first-order chi connectivity index (χ1) is 13.5. The summed E-state index contributed by atoms with van der Waals surface area (Å²) < 4.78 is 10.7. The lowest BCUT2D eigenvalue weighted by Gasteiger charge is -2.38. The summed E-state index contributed by atoms with van der Waals surface area (Å²) in [7, 11) is 1.62. The molecule has 0 bridgehead atoms. The van der Waals surface area contributed by atoms with Gasteiger partial charge in [0.25, 0.3) is 0 Å². The predicted octanol–water partition coefficient (Wildman–Crippen LogP) is 3.15. The first-order valence-electron chi connectivity index (χ1n) is 9.10. The summed E-state index contributed by atoms with van der Waals surface area (Å²) in [6, 6.07) is 14.6. The van der Waals surface area contributed by atoms with Gasteiger partial charge in [0.15, 0.2) is 0 Å². The topological polar surface area (TPSA) is 76.7 Å². The molecule has 0 spiro atoms. The number of anilines is 1. The number of hydrogen-bond acceptors (Lipinski definition) is 4. The molecule has 1 saturated heterocycles. The van der Waals surface area contributed by atoms with Crippen LogP contribution in [0.1, 0.15) is 18.4 Å². The van der Waals surface area contributed by atoms with E-state index < -0.39 is 11.8 Å². The van der Waals surface area contributed by atoms with Crippen LogP contribution in [0.25, 0.3) is 0 Å². The third-order valence-electron chi connectivity index (χ3n) is 5.07. The number of carbonyl (C=O) groups excluding carboxylic acids is 2. The molecule has 2 aromatic rings. The summed E-state index contributed by atoms with van der Waals surface area (Å²) in [4.78, 5) is 24.6. The summed E-state index contributed by atoms with van der Waals surface area (Å²) in [5.41, 5.74) is 1.20. The quantitative estimate of drug-likeness (QED) is 0.753. The Morgan fingerprint density at radius 2 is 1.75 bits per heavy atom. The Labute approximate surface area is 169 Å². The van der Waals surface area contributed by atoms with Gasteiger partial charge < -0.3 is 20.1 Å². The molecular formula is C21H23ClN2O4. The van der Waals surface area contributed by atoms with E-state index in [9.17, 15) is 9.59 Å². The van der Waals surface area contributed by atoms with Crippen molar-refractivity contribution in [1.29, 1.82) is 0 Å².